The van der Waals surface area contributed by atoms with Crippen molar-refractivity contribution in [3.8, 4) is 33.4 Å². The molecule has 0 aromatic heterocycles. The Balaban J connectivity index is 1.04. The third-order valence-corrected chi connectivity index (χ3v) is 10.6. The van der Waals surface area contributed by atoms with Crippen molar-refractivity contribution < 1.29 is 0 Å². The first-order valence-corrected chi connectivity index (χ1v) is 18.3. The highest BCUT2D eigenvalue weighted by molar-refractivity contribution is 6.09. The topological polar surface area (TPSA) is 3.24 Å². The fourth-order valence-electron chi connectivity index (χ4n) is 7.95. The van der Waals surface area contributed by atoms with Crippen LogP contribution in [0.5, 0.6) is 0 Å². The van der Waals surface area contributed by atoms with E-state index in [-0.39, 0.29) is 0 Å². The molecule has 0 saturated heterocycles. The molecule has 0 radical (unpaired) electrons. The van der Waals surface area contributed by atoms with Gasteiger partial charge in [0.1, 0.15) is 0 Å². The van der Waals surface area contributed by atoms with Crippen LogP contribution in [0.25, 0.3) is 76.5 Å². The fraction of sp³-hybridized carbons (Fsp3) is 0. The third kappa shape index (κ3) is 5.60. The molecular formula is C52H35N. The van der Waals surface area contributed by atoms with Gasteiger partial charge in [-0.3, -0.25) is 0 Å². The smallest absolute Gasteiger partial charge is 0.0540 e. The average Bonchev–Trinajstić information content (AvgIpc) is 3.24. The molecule has 1 heteroatoms. The molecule has 0 unspecified atom stereocenters. The number of rotatable bonds is 6. The van der Waals surface area contributed by atoms with Crippen LogP contribution in [0.3, 0.4) is 0 Å². The Hall–Kier alpha value is -6.96. The summed E-state index contributed by atoms with van der Waals surface area (Å²) in [5.74, 6) is 0. The molecule has 10 aromatic rings. The maximum atomic E-state index is 2.38. The number of para-hydroxylation sites is 1. The van der Waals surface area contributed by atoms with Crippen LogP contribution in [0.15, 0.2) is 212 Å². The first-order chi connectivity index (χ1) is 26.3. The number of nitrogens with zero attached hydrogens (tertiary/aromatic N) is 1. The largest absolute Gasteiger partial charge is 0.310 e. The summed E-state index contributed by atoms with van der Waals surface area (Å²) >= 11 is 0. The molecule has 0 atom stereocenters. The maximum Gasteiger partial charge on any atom is 0.0540 e. The average molecular weight is 674 g/mol. The molecule has 0 aliphatic carbocycles. The molecule has 0 saturated carbocycles. The summed E-state index contributed by atoms with van der Waals surface area (Å²) < 4.78 is 0. The van der Waals surface area contributed by atoms with E-state index in [1.165, 1.54) is 76.5 Å². The Morgan fingerprint density at radius 1 is 0.245 bits per heavy atom. The minimum Gasteiger partial charge on any atom is -0.310 e. The van der Waals surface area contributed by atoms with E-state index in [1.54, 1.807) is 0 Å². The van der Waals surface area contributed by atoms with E-state index in [2.05, 4.69) is 217 Å². The molecule has 0 bridgehead atoms. The zero-order chi connectivity index (χ0) is 35.1. The van der Waals surface area contributed by atoms with Gasteiger partial charge in [-0.25, -0.2) is 0 Å². The Labute approximate surface area is 309 Å². The lowest BCUT2D eigenvalue weighted by molar-refractivity contribution is 1.28. The molecule has 0 spiro atoms. The van der Waals surface area contributed by atoms with Crippen molar-refractivity contribution in [3.05, 3.63) is 212 Å². The summed E-state index contributed by atoms with van der Waals surface area (Å²) in [4.78, 5) is 2.38. The van der Waals surface area contributed by atoms with E-state index in [9.17, 15) is 0 Å². The van der Waals surface area contributed by atoms with Crippen LogP contribution >= 0.6 is 0 Å². The molecule has 10 rings (SSSR count). The van der Waals surface area contributed by atoms with E-state index >= 15 is 0 Å². The predicted molar refractivity (Wildman–Crippen MR) is 227 cm³/mol. The van der Waals surface area contributed by atoms with Gasteiger partial charge < -0.3 is 4.90 Å². The standard InChI is InChI=1S/C52H35N/c1-2-10-38(11-3-1)51-16-8-9-17-52(51)53(45-28-22-36(23-29-45)41-26-32-49-43(34-41)20-18-39-12-4-6-14-47(39)49)46-30-24-37(25-31-46)42-27-33-50-44(35-42)21-19-40-13-5-7-15-48(40)50/h1-35H. The normalized spacial score (nSPS) is 11.4. The highest BCUT2D eigenvalue weighted by atomic mass is 15.1. The summed E-state index contributed by atoms with van der Waals surface area (Å²) in [7, 11) is 0. The zero-order valence-corrected chi connectivity index (χ0v) is 29.2. The Morgan fingerprint density at radius 3 is 1.21 bits per heavy atom. The van der Waals surface area contributed by atoms with Crippen molar-refractivity contribution in [2.75, 3.05) is 4.90 Å². The lowest BCUT2D eigenvalue weighted by Gasteiger charge is -2.28. The SMILES string of the molecule is c1ccc(-c2ccccc2N(c2ccc(-c3ccc4c(ccc5ccccc54)c3)cc2)c2ccc(-c3ccc4c(ccc5ccccc54)c3)cc2)cc1. The quantitative estimate of drug-likeness (QED) is 0.159. The highest BCUT2D eigenvalue weighted by Gasteiger charge is 2.18. The number of fused-ring (bicyclic) bond motifs is 6. The van der Waals surface area contributed by atoms with Crippen molar-refractivity contribution in [1.29, 1.82) is 0 Å². The molecule has 0 aliphatic rings. The molecule has 0 amide bonds. The van der Waals surface area contributed by atoms with Gasteiger partial charge in [-0.1, -0.05) is 170 Å². The number of hydrogen-bond donors (Lipinski definition) is 0. The fourth-order valence-corrected chi connectivity index (χ4v) is 7.95. The van der Waals surface area contributed by atoms with Gasteiger partial charge in [-0.15, -0.1) is 0 Å². The summed E-state index contributed by atoms with van der Waals surface area (Å²) in [5, 5.41) is 10.2. The van der Waals surface area contributed by atoms with Gasteiger partial charge in [0.2, 0.25) is 0 Å². The van der Waals surface area contributed by atoms with E-state index in [1.807, 2.05) is 0 Å². The number of hydrogen-bond acceptors (Lipinski definition) is 1. The van der Waals surface area contributed by atoms with E-state index in [4.69, 9.17) is 0 Å². The maximum absolute atomic E-state index is 2.38. The molecule has 248 valence electrons. The molecule has 1 nitrogen and oxygen atoms in total. The first kappa shape index (κ1) is 30.8. The van der Waals surface area contributed by atoms with E-state index < -0.39 is 0 Å². The number of benzene rings is 10. The van der Waals surface area contributed by atoms with Gasteiger partial charge in [0.05, 0.1) is 5.69 Å². The van der Waals surface area contributed by atoms with Gasteiger partial charge >= 0.3 is 0 Å². The number of anilines is 3. The van der Waals surface area contributed by atoms with Gasteiger partial charge in [0.15, 0.2) is 0 Å². The second-order valence-electron chi connectivity index (χ2n) is 13.8. The summed E-state index contributed by atoms with van der Waals surface area (Å²) in [6.07, 6.45) is 0. The molecular weight excluding hydrogens is 639 g/mol. The molecule has 0 aliphatic heterocycles. The Kier molecular flexibility index (Phi) is 7.55. The molecule has 53 heavy (non-hydrogen) atoms. The van der Waals surface area contributed by atoms with Crippen molar-refractivity contribution in [3.63, 3.8) is 0 Å². The zero-order valence-electron chi connectivity index (χ0n) is 29.2. The second kappa shape index (κ2) is 13.0. The predicted octanol–water partition coefficient (Wildman–Crippen LogP) is 14.8. The lowest BCUT2D eigenvalue weighted by atomic mass is 9.96. The molecule has 0 fully saturated rings. The van der Waals surface area contributed by atoms with E-state index in [0.717, 1.165) is 17.1 Å². The van der Waals surface area contributed by atoms with Crippen LogP contribution in [0.2, 0.25) is 0 Å². The van der Waals surface area contributed by atoms with Crippen molar-refractivity contribution in [2.45, 2.75) is 0 Å². The van der Waals surface area contributed by atoms with Gasteiger partial charge in [0.25, 0.3) is 0 Å². The Bertz CT molecular complexity index is 2760. The van der Waals surface area contributed by atoms with Crippen LogP contribution in [0, 0.1) is 0 Å². The highest BCUT2D eigenvalue weighted by Crippen LogP contribution is 2.42. The van der Waals surface area contributed by atoms with Crippen LogP contribution < -0.4 is 4.90 Å². The summed E-state index contributed by atoms with van der Waals surface area (Å²) in [6.45, 7) is 0. The molecule has 0 heterocycles. The van der Waals surface area contributed by atoms with Gasteiger partial charge in [-0.05, 0) is 113 Å². The Morgan fingerprint density at radius 2 is 0.660 bits per heavy atom. The molecule has 10 aromatic carbocycles. The molecule has 0 N–H and O–H groups in total. The third-order valence-electron chi connectivity index (χ3n) is 10.6. The second-order valence-corrected chi connectivity index (χ2v) is 13.8. The van der Waals surface area contributed by atoms with Crippen molar-refractivity contribution in [2.24, 2.45) is 0 Å². The minimum absolute atomic E-state index is 1.11. The minimum atomic E-state index is 1.11. The van der Waals surface area contributed by atoms with Gasteiger partial charge in [-0.2, -0.15) is 0 Å². The van der Waals surface area contributed by atoms with Gasteiger partial charge in [0, 0.05) is 16.9 Å². The van der Waals surface area contributed by atoms with E-state index in [0.29, 0.717) is 0 Å². The van der Waals surface area contributed by atoms with Crippen LogP contribution in [-0.4, -0.2) is 0 Å². The van der Waals surface area contributed by atoms with Crippen LogP contribution in [0.1, 0.15) is 0 Å². The first-order valence-electron chi connectivity index (χ1n) is 18.3. The summed E-state index contributed by atoms with van der Waals surface area (Å²) in [5.41, 5.74) is 10.5. The summed E-state index contributed by atoms with van der Waals surface area (Å²) in [6, 6.07) is 77.2. The monoisotopic (exact) mass is 673 g/mol. The van der Waals surface area contributed by atoms with Crippen molar-refractivity contribution >= 4 is 60.2 Å². The van der Waals surface area contributed by atoms with Crippen molar-refractivity contribution in [1.82, 2.24) is 0 Å². The lowest BCUT2D eigenvalue weighted by Crippen LogP contribution is -2.11. The van der Waals surface area contributed by atoms with Crippen LogP contribution in [-0.2, 0) is 0 Å². The van der Waals surface area contributed by atoms with Crippen LogP contribution in [0.4, 0.5) is 17.1 Å².